The van der Waals surface area contributed by atoms with Gasteiger partial charge in [0.25, 0.3) is 0 Å². The zero-order valence-corrected chi connectivity index (χ0v) is 11.8. The molecule has 1 aromatic carbocycles. The summed E-state index contributed by atoms with van der Waals surface area (Å²) in [7, 11) is 0. The Kier molecular flexibility index (Phi) is 5.35. The Labute approximate surface area is 110 Å². The molecule has 0 bridgehead atoms. The average molecular weight is 248 g/mol. The van der Waals surface area contributed by atoms with Gasteiger partial charge in [0.05, 0.1) is 6.54 Å². The van der Waals surface area contributed by atoms with E-state index in [-0.39, 0.29) is 17.5 Å². The van der Waals surface area contributed by atoms with Gasteiger partial charge in [0.1, 0.15) is 0 Å². The minimum atomic E-state index is -0.0278. The van der Waals surface area contributed by atoms with Gasteiger partial charge in [-0.05, 0) is 39.7 Å². The molecule has 0 aromatic heterocycles. The van der Waals surface area contributed by atoms with Gasteiger partial charge in [-0.25, -0.2) is 0 Å². The van der Waals surface area contributed by atoms with Crippen molar-refractivity contribution in [2.24, 2.45) is 0 Å². The molecule has 0 radical (unpaired) electrons. The highest BCUT2D eigenvalue weighted by atomic mass is 16.1. The van der Waals surface area contributed by atoms with Crippen molar-refractivity contribution in [3.63, 3.8) is 0 Å². The third-order valence-corrected chi connectivity index (χ3v) is 2.57. The van der Waals surface area contributed by atoms with Crippen LogP contribution in [0.3, 0.4) is 0 Å². The smallest absolute Gasteiger partial charge is 0.234 e. The highest BCUT2D eigenvalue weighted by Crippen LogP contribution is 2.02. The number of benzene rings is 1. The summed E-state index contributed by atoms with van der Waals surface area (Å²) in [6.45, 7) is 8.54. The first-order valence-corrected chi connectivity index (χ1v) is 6.45. The minimum absolute atomic E-state index is 0.0278. The van der Waals surface area contributed by atoms with Crippen LogP contribution in [0.2, 0.25) is 0 Å². The van der Waals surface area contributed by atoms with Crippen LogP contribution in [0.5, 0.6) is 0 Å². The number of amides is 1. The molecule has 1 aromatic rings. The first kappa shape index (κ1) is 14.7. The quantitative estimate of drug-likeness (QED) is 0.838. The summed E-state index contributed by atoms with van der Waals surface area (Å²) in [6, 6.07) is 10.4. The predicted octanol–water partition coefficient (Wildman–Crippen LogP) is 2.12. The molecule has 0 spiro atoms. The van der Waals surface area contributed by atoms with E-state index in [2.05, 4.69) is 22.8 Å². The summed E-state index contributed by atoms with van der Waals surface area (Å²) in [5.41, 5.74) is 1.22. The van der Waals surface area contributed by atoms with Gasteiger partial charge < -0.3 is 10.6 Å². The van der Waals surface area contributed by atoms with E-state index in [0.29, 0.717) is 6.54 Å². The van der Waals surface area contributed by atoms with Gasteiger partial charge >= 0.3 is 0 Å². The Morgan fingerprint density at radius 3 is 2.39 bits per heavy atom. The lowest BCUT2D eigenvalue weighted by Gasteiger charge is -2.21. The van der Waals surface area contributed by atoms with E-state index in [9.17, 15) is 4.79 Å². The average Bonchev–Trinajstić information content (AvgIpc) is 2.26. The standard InChI is InChI=1S/C15H24N2O/c1-12(10-13-8-6-5-7-9-13)17-14(18)11-16-15(2,3)4/h5-9,12,16H,10-11H2,1-4H3,(H,17,18). The molecule has 0 aliphatic rings. The molecule has 100 valence electrons. The lowest BCUT2D eigenvalue weighted by molar-refractivity contribution is -0.121. The predicted molar refractivity (Wildman–Crippen MR) is 75.5 cm³/mol. The summed E-state index contributed by atoms with van der Waals surface area (Å²) in [4.78, 5) is 11.7. The number of carbonyl (C=O) groups excluding carboxylic acids is 1. The van der Waals surface area contributed by atoms with Crippen molar-refractivity contribution in [2.45, 2.75) is 45.7 Å². The second-order valence-corrected chi connectivity index (χ2v) is 5.76. The highest BCUT2D eigenvalue weighted by Gasteiger charge is 2.12. The van der Waals surface area contributed by atoms with E-state index >= 15 is 0 Å². The lowest BCUT2D eigenvalue weighted by atomic mass is 10.1. The Balaban J connectivity index is 2.32. The van der Waals surface area contributed by atoms with Gasteiger partial charge in [-0.1, -0.05) is 30.3 Å². The molecule has 3 nitrogen and oxygen atoms in total. The van der Waals surface area contributed by atoms with Crippen molar-refractivity contribution in [1.29, 1.82) is 0 Å². The summed E-state index contributed by atoms with van der Waals surface area (Å²) < 4.78 is 0. The van der Waals surface area contributed by atoms with Crippen LogP contribution in [0.1, 0.15) is 33.3 Å². The van der Waals surface area contributed by atoms with Gasteiger partial charge in [-0.3, -0.25) is 4.79 Å². The van der Waals surface area contributed by atoms with Crippen LogP contribution in [-0.2, 0) is 11.2 Å². The molecule has 18 heavy (non-hydrogen) atoms. The number of carbonyl (C=O) groups is 1. The number of hydrogen-bond acceptors (Lipinski definition) is 2. The maximum atomic E-state index is 11.7. The van der Waals surface area contributed by atoms with Crippen LogP contribution in [-0.4, -0.2) is 24.0 Å². The Hall–Kier alpha value is -1.35. The summed E-state index contributed by atoms with van der Waals surface area (Å²) >= 11 is 0. The van der Waals surface area contributed by atoms with E-state index in [1.165, 1.54) is 5.56 Å². The molecule has 0 saturated heterocycles. The molecular weight excluding hydrogens is 224 g/mol. The largest absolute Gasteiger partial charge is 0.352 e. The van der Waals surface area contributed by atoms with Crippen LogP contribution < -0.4 is 10.6 Å². The van der Waals surface area contributed by atoms with Crippen molar-refractivity contribution < 1.29 is 4.79 Å². The fraction of sp³-hybridized carbons (Fsp3) is 0.533. The molecule has 1 unspecified atom stereocenters. The van der Waals surface area contributed by atoms with E-state index < -0.39 is 0 Å². The topological polar surface area (TPSA) is 41.1 Å². The molecule has 3 heteroatoms. The molecule has 1 amide bonds. The number of hydrogen-bond donors (Lipinski definition) is 2. The van der Waals surface area contributed by atoms with Gasteiger partial charge in [-0.15, -0.1) is 0 Å². The van der Waals surface area contributed by atoms with Gasteiger partial charge in [0, 0.05) is 11.6 Å². The molecule has 0 heterocycles. The molecule has 0 aliphatic heterocycles. The zero-order valence-electron chi connectivity index (χ0n) is 11.8. The first-order chi connectivity index (χ1) is 8.37. The molecule has 0 aliphatic carbocycles. The summed E-state index contributed by atoms with van der Waals surface area (Å²) in [5, 5.41) is 6.18. The van der Waals surface area contributed by atoms with E-state index in [4.69, 9.17) is 0 Å². The third kappa shape index (κ3) is 6.40. The molecular formula is C15H24N2O. The van der Waals surface area contributed by atoms with E-state index in [1.54, 1.807) is 0 Å². The maximum Gasteiger partial charge on any atom is 0.234 e. The Bertz CT molecular complexity index is 368. The summed E-state index contributed by atoms with van der Waals surface area (Å²) in [5.74, 6) is 0.0494. The van der Waals surface area contributed by atoms with Crippen molar-refractivity contribution in [3.8, 4) is 0 Å². The number of nitrogens with one attached hydrogen (secondary N) is 2. The van der Waals surface area contributed by atoms with Crippen LogP contribution in [0.15, 0.2) is 30.3 Å². The monoisotopic (exact) mass is 248 g/mol. The maximum absolute atomic E-state index is 11.7. The van der Waals surface area contributed by atoms with Crippen molar-refractivity contribution in [2.75, 3.05) is 6.54 Å². The Morgan fingerprint density at radius 1 is 1.22 bits per heavy atom. The fourth-order valence-electron chi connectivity index (χ4n) is 1.69. The molecule has 1 atom stereocenters. The SMILES string of the molecule is CC(Cc1ccccc1)NC(=O)CNC(C)(C)C. The van der Waals surface area contributed by atoms with Crippen LogP contribution in [0.25, 0.3) is 0 Å². The van der Waals surface area contributed by atoms with Gasteiger partial charge in [0.2, 0.25) is 5.91 Å². The number of rotatable bonds is 5. The van der Waals surface area contributed by atoms with Gasteiger partial charge in [-0.2, -0.15) is 0 Å². The lowest BCUT2D eigenvalue weighted by Crippen LogP contribution is -2.45. The van der Waals surface area contributed by atoms with Gasteiger partial charge in [0.15, 0.2) is 0 Å². The zero-order chi connectivity index (χ0) is 13.6. The Morgan fingerprint density at radius 2 is 1.83 bits per heavy atom. The minimum Gasteiger partial charge on any atom is -0.352 e. The van der Waals surface area contributed by atoms with Crippen molar-refractivity contribution in [1.82, 2.24) is 10.6 Å². The molecule has 0 fully saturated rings. The first-order valence-electron chi connectivity index (χ1n) is 6.45. The second-order valence-electron chi connectivity index (χ2n) is 5.76. The summed E-state index contributed by atoms with van der Waals surface area (Å²) in [6.07, 6.45) is 0.863. The highest BCUT2D eigenvalue weighted by molar-refractivity contribution is 5.78. The van der Waals surface area contributed by atoms with Crippen LogP contribution >= 0.6 is 0 Å². The van der Waals surface area contributed by atoms with Crippen molar-refractivity contribution >= 4 is 5.91 Å². The fourth-order valence-corrected chi connectivity index (χ4v) is 1.69. The van der Waals surface area contributed by atoms with Crippen molar-refractivity contribution in [3.05, 3.63) is 35.9 Å². The van der Waals surface area contributed by atoms with E-state index in [0.717, 1.165) is 6.42 Å². The molecule has 0 saturated carbocycles. The van der Waals surface area contributed by atoms with Crippen LogP contribution in [0.4, 0.5) is 0 Å². The normalized spacial score (nSPS) is 13.1. The molecule has 1 rings (SSSR count). The van der Waals surface area contributed by atoms with Crippen LogP contribution in [0, 0.1) is 0 Å². The third-order valence-electron chi connectivity index (χ3n) is 2.57. The van der Waals surface area contributed by atoms with E-state index in [1.807, 2.05) is 45.9 Å². The second kappa shape index (κ2) is 6.55. The molecule has 2 N–H and O–H groups in total.